The second kappa shape index (κ2) is 7.17. The SMILES string of the molecule is O=C1Nc2cc(F)ccc2/C1=C\Nc1ccc(N2CCC3(CC2)OCCO3)cc1. The van der Waals surface area contributed by atoms with Crippen molar-refractivity contribution in [1.82, 2.24) is 0 Å². The summed E-state index contributed by atoms with van der Waals surface area (Å²) in [5.41, 5.74) is 3.70. The number of ether oxygens (including phenoxy) is 2. The summed E-state index contributed by atoms with van der Waals surface area (Å²) in [6.45, 7) is 3.16. The average molecular weight is 395 g/mol. The molecule has 2 aromatic rings. The Balaban J connectivity index is 1.25. The third-order valence-corrected chi connectivity index (χ3v) is 5.72. The lowest BCUT2D eigenvalue weighted by Crippen LogP contribution is -2.45. The lowest BCUT2D eigenvalue weighted by atomic mass is 10.0. The van der Waals surface area contributed by atoms with E-state index in [0.29, 0.717) is 30.0 Å². The van der Waals surface area contributed by atoms with Gasteiger partial charge in [0.15, 0.2) is 5.79 Å². The molecular weight excluding hydrogens is 373 g/mol. The summed E-state index contributed by atoms with van der Waals surface area (Å²) in [5, 5.41) is 5.85. The number of benzene rings is 2. The molecular formula is C22H22FN3O3. The highest BCUT2D eigenvalue weighted by Crippen LogP contribution is 2.34. The summed E-state index contributed by atoms with van der Waals surface area (Å²) in [5.74, 6) is -0.984. The highest BCUT2D eigenvalue weighted by Gasteiger charge is 2.39. The number of fused-ring (bicyclic) bond motifs is 1. The number of halogens is 1. The average Bonchev–Trinajstić information content (AvgIpc) is 3.31. The van der Waals surface area contributed by atoms with Crippen LogP contribution in [0.25, 0.3) is 5.57 Å². The van der Waals surface area contributed by atoms with Gasteiger partial charge in [-0.25, -0.2) is 4.39 Å². The maximum atomic E-state index is 13.3. The summed E-state index contributed by atoms with van der Waals surface area (Å²) < 4.78 is 24.9. The molecule has 2 saturated heterocycles. The van der Waals surface area contributed by atoms with Gasteiger partial charge in [0.25, 0.3) is 5.91 Å². The molecule has 3 aliphatic heterocycles. The summed E-state index contributed by atoms with van der Waals surface area (Å²) in [7, 11) is 0. The molecule has 150 valence electrons. The fraction of sp³-hybridized carbons (Fsp3) is 0.318. The first-order valence-corrected chi connectivity index (χ1v) is 9.83. The van der Waals surface area contributed by atoms with E-state index >= 15 is 0 Å². The molecule has 0 radical (unpaired) electrons. The number of carbonyl (C=O) groups is 1. The smallest absolute Gasteiger partial charge is 0.257 e. The standard InChI is InChI=1S/C22H22FN3O3/c23-15-1-6-18-19(21(27)25-20(18)13-15)14-24-16-2-4-17(5-3-16)26-9-7-22(8-10-26)28-11-12-29-22/h1-6,13-14,24H,7-12H2,(H,25,27)/b19-14+. The topological polar surface area (TPSA) is 62.8 Å². The first-order valence-electron chi connectivity index (χ1n) is 9.83. The zero-order chi connectivity index (χ0) is 19.8. The summed E-state index contributed by atoms with van der Waals surface area (Å²) in [6.07, 6.45) is 3.40. The number of hydrogen-bond donors (Lipinski definition) is 2. The Morgan fingerprint density at radius 1 is 1.07 bits per heavy atom. The first kappa shape index (κ1) is 18.1. The quantitative estimate of drug-likeness (QED) is 0.778. The van der Waals surface area contributed by atoms with E-state index in [1.165, 1.54) is 12.1 Å². The van der Waals surface area contributed by atoms with Crippen LogP contribution in [0.2, 0.25) is 0 Å². The van der Waals surface area contributed by atoms with Gasteiger partial charge in [-0.15, -0.1) is 0 Å². The minimum absolute atomic E-state index is 0.242. The monoisotopic (exact) mass is 395 g/mol. The van der Waals surface area contributed by atoms with Crippen LogP contribution in [0.4, 0.5) is 21.5 Å². The van der Waals surface area contributed by atoms with Gasteiger partial charge in [-0.3, -0.25) is 4.79 Å². The van der Waals surface area contributed by atoms with Crippen LogP contribution in [-0.2, 0) is 14.3 Å². The molecule has 5 rings (SSSR count). The Kier molecular flexibility index (Phi) is 4.49. The summed E-state index contributed by atoms with van der Waals surface area (Å²) in [6, 6.07) is 12.4. The minimum atomic E-state index is -0.372. The molecule has 29 heavy (non-hydrogen) atoms. The van der Waals surface area contributed by atoms with Gasteiger partial charge in [-0.2, -0.15) is 0 Å². The molecule has 2 N–H and O–H groups in total. The summed E-state index contributed by atoms with van der Waals surface area (Å²) >= 11 is 0. The predicted molar refractivity (Wildman–Crippen MR) is 109 cm³/mol. The number of hydrogen-bond acceptors (Lipinski definition) is 5. The van der Waals surface area contributed by atoms with Gasteiger partial charge in [0.1, 0.15) is 5.82 Å². The Hall–Kier alpha value is -2.90. The molecule has 0 aromatic heterocycles. The Labute approximate surface area is 168 Å². The van der Waals surface area contributed by atoms with Crippen LogP contribution >= 0.6 is 0 Å². The number of rotatable bonds is 3. The third kappa shape index (κ3) is 3.47. The molecule has 0 saturated carbocycles. The molecule has 3 aliphatic rings. The van der Waals surface area contributed by atoms with Crippen LogP contribution in [0.15, 0.2) is 48.7 Å². The number of nitrogens with one attached hydrogen (secondary N) is 2. The molecule has 6 nitrogen and oxygen atoms in total. The molecule has 0 atom stereocenters. The van der Waals surface area contributed by atoms with E-state index in [4.69, 9.17) is 9.47 Å². The van der Waals surface area contributed by atoms with Crippen molar-refractivity contribution in [1.29, 1.82) is 0 Å². The Bertz CT molecular complexity index is 958. The lowest BCUT2D eigenvalue weighted by molar-refractivity contribution is -0.169. The fourth-order valence-corrected chi connectivity index (χ4v) is 4.13. The van der Waals surface area contributed by atoms with E-state index in [1.807, 2.05) is 12.1 Å². The molecule has 2 aromatic carbocycles. The normalized spacial score (nSPS) is 21.5. The minimum Gasteiger partial charge on any atom is -0.371 e. The van der Waals surface area contributed by atoms with Gasteiger partial charge in [0.05, 0.1) is 24.5 Å². The highest BCUT2D eigenvalue weighted by atomic mass is 19.1. The van der Waals surface area contributed by atoms with E-state index in [1.54, 1.807) is 12.3 Å². The van der Waals surface area contributed by atoms with E-state index in [2.05, 4.69) is 27.7 Å². The number of nitrogens with zero attached hydrogens (tertiary/aromatic N) is 1. The van der Waals surface area contributed by atoms with Crippen LogP contribution in [0.1, 0.15) is 18.4 Å². The van der Waals surface area contributed by atoms with Crippen molar-refractivity contribution in [3.8, 4) is 0 Å². The third-order valence-electron chi connectivity index (χ3n) is 5.72. The van der Waals surface area contributed by atoms with E-state index in [0.717, 1.165) is 37.3 Å². The van der Waals surface area contributed by atoms with E-state index < -0.39 is 0 Å². The molecule has 7 heteroatoms. The van der Waals surface area contributed by atoms with Gasteiger partial charge >= 0.3 is 0 Å². The van der Waals surface area contributed by atoms with Crippen LogP contribution < -0.4 is 15.5 Å². The van der Waals surface area contributed by atoms with Crippen molar-refractivity contribution in [2.75, 3.05) is 41.8 Å². The van der Waals surface area contributed by atoms with Gasteiger partial charge in [0.2, 0.25) is 0 Å². The molecule has 1 amide bonds. The highest BCUT2D eigenvalue weighted by molar-refractivity contribution is 6.31. The van der Waals surface area contributed by atoms with Crippen molar-refractivity contribution in [3.63, 3.8) is 0 Å². The van der Waals surface area contributed by atoms with Gasteiger partial charge in [0, 0.05) is 49.1 Å². The van der Waals surface area contributed by atoms with Crippen LogP contribution in [0.5, 0.6) is 0 Å². The fourth-order valence-electron chi connectivity index (χ4n) is 4.13. The second-order valence-electron chi connectivity index (χ2n) is 7.49. The van der Waals surface area contributed by atoms with Crippen LogP contribution in [0.3, 0.4) is 0 Å². The van der Waals surface area contributed by atoms with Crippen molar-refractivity contribution >= 4 is 28.5 Å². The van der Waals surface area contributed by atoms with Crippen molar-refractivity contribution in [2.45, 2.75) is 18.6 Å². The maximum absolute atomic E-state index is 13.3. The summed E-state index contributed by atoms with van der Waals surface area (Å²) in [4.78, 5) is 14.5. The maximum Gasteiger partial charge on any atom is 0.257 e. The first-order chi connectivity index (χ1) is 14.1. The number of carbonyl (C=O) groups excluding carboxylic acids is 1. The van der Waals surface area contributed by atoms with Crippen molar-refractivity contribution in [2.24, 2.45) is 0 Å². The number of anilines is 3. The molecule has 0 aliphatic carbocycles. The number of amides is 1. The van der Waals surface area contributed by atoms with Gasteiger partial charge < -0.3 is 25.0 Å². The van der Waals surface area contributed by atoms with Crippen LogP contribution in [-0.4, -0.2) is 38.0 Å². The molecule has 2 fully saturated rings. The van der Waals surface area contributed by atoms with Crippen LogP contribution in [0, 0.1) is 5.82 Å². The van der Waals surface area contributed by atoms with Crippen molar-refractivity contribution in [3.05, 3.63) is 60.0 Å². The molecule has 0 bridgehead atoms. The van der Waals surface area contributed by atoms with Gasteiger partial charge in [-0.05, 0) is 42.5 Å². The zero-order valence-corrected chi connectivity index (χ0v) is 15.9. The number of piperidine rings is 1. The Morgan fingerprint density at radius 3 is 2.52 bits per heavy atom. The van der Waals surface area contributed by atoms with E-state index in [-0.39, 0.29) is 17.5 Å². The predicted octanol–water partition coefficient (Wildman–Crippen LogP) is 3.57. The van der Waals surface area contributed by atoms with Gasteiger partial charge in [-0.1, -0.05) is 0 Å². The van der Waals surface area contributed by atoms with E-state index in [9.17, 15) is 9.18 Å². The molecule has 3 heterocycles. The molecule has 1 spiro atoms. The largest absolute Gasteiger partial charge is 0.371 e. The van der Waals surface area contributed by atoms with Crippen molar-refractivity contribution < 1.29 is 18.7 Å². The molecule has 0 unspecified atom stereocenters. The zero-order valence-electron chi connectivity index (χ0n) is 15.9. The Morgan fingerprint density at radius 2 is 1.79 bits per heavy atom. The second-order valence-corrected chi connectivity index (χ2v) is 7.49. The lowest BCUT2D eigenvalue weighted by Gasteiger charge is -2.38.